The molecule has 0 aliphatic heterocycles. The van der Waals surface area contributed by atoms with E-state index in [1.165, 1.54) is 35.0 Å². The maximum absolute atomic E-state index is 13.2. The quantitative estimate of drug-likeness (QED) is 0.533. The monoisotopic (exact) mass is 384 g/mol. The van der Waals surface area contributed by atoms with Crippen molar-refractivity contribution in [3.8, 4) is 11.6 Å². The van der Waals surface area contributed by atoms with Crippen LogP contribution in [0.15, 0.2) is 58.3 Å². The molecule has 0 unspecified atom stereocenters. The number of nitrogens with one attached hydrogen (secondary N) is 1. The van der Waals surface area contributed by atoms with Gasteiger partial charge in [-0.2, -0.15) is 0 Å². The van der Waals surface area contributed by atoms with Crippen LogP contribution in [0.3, 0.4) is 0 Å². The topological polar surface area (TPSA) is 73.6 Å². The lowest BCUT2D eigenvalue weighted by atomic mass is 10.2. The van der Waals surface area contributed by atoms with Crippen molar-refractivity contribution in [1.82, 2.24) is 9.55 Å². The van der Waals surface area contributed by atoms with Crippen LogP contribution >= 0.6 is 12.2 Å². The lowest BCUT2D eigenvalue weighted by Crippen LogP contribution is -2.18. The normalized spacial score (nSPS) is 11.1. The van der Waals surface area contributed by atoms with Gasteiger partial charge in [-0.25, -0.2) is 4.39 Å². The van der Waals surface area contributed by atoms with Gasteiger partial charge in [0.2, 0.25) is 5.88 Å². The minimum absolute atomic E-state index is 0.00315. The van der Waals surface area contributed by atoms with E-state index in [2.05, 4.69) is 9.98 Å². The van der Waals surface area contributed by atoms with Crippen LogP contribution in [-0.2, 0) is 0 Å². The van der Waals surface area contributed by atoms with Gasteiger partial charge >= 0.3 is 0 Å². The first kappa shape index (κ1) is 18.5. The van der Waals surface area contributed by atoms with Crippen LogP contribution in [0.25, 0.3) is 5.69 Å². The Hall–Kier alpha value is -3.26. The minimum Gasteiger partial charge on any atom is -0.494 e. The number of benzene rings is 2. The van der Waals surface area contributed by atoms with Gasteiger partial charge in [0.05, 0.1) is 11.4 Å². The Morgan fingerprint density at radius 3 is 2.37 bits per heavy atom. The zero-order valence-corrected chi connectivity index (χ0v) is 15.5. The number of aliphatic imine (C=N–C) groups is 1. The first-order valence-corrected chi connectivity index (χ1v) is 8.43. The van der Waals surface area contributed by atoms with Crippen molar-refractivity contribution < 1.29 is 9.50 Å². The molecule has 0 radical (unpaired) electrons. The summed E-state index contributed by atoms with van der Waals surface area (Å²) in [6.45, 7) is 0. The second kappa shape index (κ2) is 7.55. The third-order valence-corrected chi connectivity index (χ3v) is 4.20. The highest BCUT2D eigenvalue weighted by atomic mass is 32.1. The molecule has 6 nitrogen and oxygen atoms in total. The molecule has 0 bridgehead atoms. The lowest BCUT2D eigenvalue weighted by Gasteiger charge is -2.12. The Bertz CT molecular complexity index is 1100. The number of rotatable bonds is 4. The van der Waals surface area contributed by atoms with E-state index in [9.17, 15) is 14.3 Å². The van der Waals surface area contributed by atoms with Gasteiger partial charge in [-0.1, -0.05) is 0 Å². The van der Waals surface area contributed by atoms with E-state index in [1.54, 1.807) is 12.1 Å². The number of halogens is 1. The Morgan fingerprint density at radius 1 is 1.15 bits per heavy atom. The lowest BCUT2D eigenvalue weighted by molar-refractivity contribution is 0.432. The smallest absolute Gasteiger partial charge is 0.264 e. The average molecular weight is 384 g/mol. The molecule has 27 heavy (non-hydrogen) atoms. The van der Waals surface area contributed by atoms with Crippen LogP contribution in [0.5, 0.6) is 5.88 Å². The highest BCUT2D eigenvalue weighted by molar-refractivity contribution is 7.71. The minimum atomic E-state index is -0.565. The van der Waals surface area contributed by atoms with Crippen molar-refractivity contribution in [3.63, 3.8) is 0 Å². The summed E-state index contributed by atoms with van der Waals surface area (Å²) in [5.74, 6) is -0.791. The van der Waals surface area contributed by atoms with E-state index < -0.39 is 11.4 Å². The fraction of sp³-hybridized carbons (Fsp3) is 0.105. The van der Waals surface area contributed by atoms with E-state index in [1.807, 2.05) is 31.1 Å². The molecule has 0 aliphatic carbocycles. The highest BCUT2D eigenvalue weighted by Gasteiger charge is 2.12. The van der Waals surface area contributed by atoms with Gasteiger partial charge in [0.25, 0.3) is 5.56 Å². The van der Waals surface area contributed by atoms with E-state index in [-0.39, 0.29) is 16.2 Å². The average Bonchev–Trinajstić information content (AvgIpc) is 2.63. The van der Waals surface area contributed by atoms with Gasteiger partial charge < -0.3 is 10.0 Å². The number of hydrogen-bond donors (Lipinski definition) is 2. The molecule has 0 fully saturated rings. The number of anilines is 1. The summed E-state index contributed by atoms with van der Waals surface area (Å²) in [6, 6.07) is 12.8. The van der Waals surface area contributed by atoms with Crippen LogP contribution in [0.4, 0.5) is 15.8 Å². The number of H-pyrrole nitrogens is 1. The SMILES string of the molecule is CN(C)c1ccc(N=Cc2c(O)n(-c3ccc(F)cc3)c(=S)[nH]c2=O)cc1. The van der Waals surface area contributed by atoms with Crippen molar-refractivity contribution in [3.05, 3.63) is 75.0 Å². The number of aromatic amines is 1. The molecule has 1 heterocycles. The second-order valence-corrected chi connectivity index (χ2v) is 6.36. The molecule has 0 saturated carbocycles. The molecule has 3 rings (SSSR count). The molecule has 2 aromatic carbocycles. The molecule has 0 atom stereocenters. The molecule has 1 aromatic heterocycles. The summed E-state index contributed by atoms with van der Waals surface area (Å²) >= 11 is 5.12. The third-order valence-electron chi connectivity index (χ3n) is 3.91. The number of hydrogen-bond acceptors (Lipinski definition) is 5. The largest absolute Gasteiger partial charge is 0.494 e. The molecule has 2 N–H and O–H groups in total. The van der Waals surface area contributed by atoms with Gasteiger partial charge in [-0.05, 0) is 60.7 Å². The van der Waals surface area contributed by atoms with Crippen molar-refractivity contribution in [2.24, 2.45) is 4.99 Å². The van der Waals surface area contributed by atoms with Crippen LogP contribution in [0, 0.1) is 10.6 Å². The summed E-state index contributed by atoms with van der Waals surface area (Å²) in [5.41, 5.74) is 1.43. The molecular weight excluding hydrogens is 367 g/mol. The van der Waals surface area contributed by atoms with E-state index in [4.69, 9.17) is 12.2 Å². The Morgan fingerprint density at radius 2 is 1.78 bits per heavy atom. The van der Waals surface area contributed by atoms with Gasteiger partial charge in [-0.3, -0.25) is 19.3 Å². The fourth-order valence-corrected chi connectivity index (χ4v) is 2.75. The predicted octanol–water partition coefficient (Wildman–Crippen LogP) is 3.56. The van der Waals surface area contributed by atoms with Crippen molar-refractivity contribution in [2.75, 3.05) is 19.0 Å². The third kappa shape index (κ3) is 3.95. The summed E-state index contributed by atoms with van der Waals surface area (Å²) in [5, 5.41) is 10.6. The van der Waals surface area contributed by atoms with Crippen LogP contribution in [-0.4, -0.2) is 35.0 Å². The van der Waals surface area contributed by atoms with Crippen molar-refractivity contribution in [2.45, 2.75) is 0 Å². The summed E-state index contributed by atoms with van der Waals surface area (Å²) in [4.78, 5) is 20.9. The molecule has 0 saturated heterocycles. The van der Waals surface area contributed by atoms with Crippen LogP contribution in [0.2, 0.25) is 0 Å². The van der Waals surface area contributed by atoms with Gasteiger partial charge in [0, 0.05) is 26.0 Å². The Labute approximate surface area is 159 Å². The van der Waals surface area contributed by atoms with Crippen LogP contribution < -0.4 is 10.5 Å². The molecular formula is C19H17FN4O2S. The number of nitrogens with zero attached hydrogens (tertiary/aromatic N) is 3. The maximum atomic E-state index is 13.2. The predicted molar refractivity (Wildman–Crippen MR) is 107 cm³/mol. The number of aromatic hydroxyl groups is 1. The molecule has 0 aliphatic rings. The van der Waals surface area contributed by atoms with E-state index in [0.717, 1.165) is 5.69 Å². The number of aromatic nitrogens is 2. The van der Waals surface area contributed by atoms with Gasteiger partial charge in [-0.15, -0.1) is 0 Å². The van der Waals surface area contributed by atoms with E-state index >= 15 is 0 Å². The van der Waals surface area contributed by atoms with Crippen molar-refractivity contribution >= 4 is 29.8 Å². The molecule has 0 spiro atoms. The second-order valence-electron chi connectivity index (χ2n) is 5.98. The van der Waals surface area contributed by atoms with Gasteiger partial charge in [0.15, 0.2) is 4.77 Å². The highest BCUT2D eigenvalue weighted by Crippen LogP contribution is 2.21. The zero-order valence-electron chi connectivity index (χ0n) is 14.7. The maximum Gasteiger partial charge on any atom is 0.264 e. The van der Waals surface area contributed by atoms with Crippen LogP contribution in [0.1, 0.15) is 5.56 Å². The molecule has 3 aromatic rings. The summed E-state index contributed by atoms with van der Waals surface area (Å²) in [6.07, 6.45) is 1.27. The Kier molecular flexibility index (Phi) is 5.18. The molecule has 8 heteroatoms. The van der Waals surface area contributed by atoms with Gasteiger partial charge in [0.1, 0.15) is 11.4 Å². The van der Waals surface area contributed by atoms with E-state index in [0.29, 0.717) is 11.4 Å². The van der Waals surface area contributed by atoms with Crippen molar-refractivity contribution in [1.29, 1.82) is 0 Å². The Balaban J connectivity index is 2.03. The zero-order chi connectivity index (χ0) is 19.6. The first-order valence-electron chi connectivity index (χ1n) is 8.02. The molecule has 138 valence electrons. The fourth-order valence-electron chi connectivity index (χ4n) is 2.46. The summed E-state index contributed by atoms with van der Waals surface area (Å²) in [7, 11) is 3.86. The first-order chi connectivity index (χ1) is 12.9. The standard InChI is InChI=1S/C19H17FN4O2S/c1-23(2)14-9-5-13(6-10-14)21-11-16-17(25)22-19(27)24(18(16)26)15-7-3-12(20)4-8-15/h3-11,26H,1-2H3,(H,22,25,27). The summed E-state index contributed by atoms with van der Waals surface area (Å²) < 4.78 is 14.4. The molecule has 0 amide bonds.